The molecule has 0 unspecified atom stereocenters. The predicted octanol–water partition coefficient (Wildman–Crippen LogP) is 3.63. The van der Waals surface area contributed by atoms with E-state index in [-0.39, 0.29) is 11.7 Å². The predicted molar refractivity (Wildman–Crippen MR) is 107 cm³/mol. The van der Waals surface area contributed by atoms with Crippen LogP contribution in [0.4, 0.5) is 5.69 Å². The van der Waals surface area contributed by atoms with Gasteiger partial charge in [-0.1, -0.05) is 17.8 Å². The Kier molecular flexibility index (Phi) is 7.72. The SMILES string of the molecule is C=CCn1c(SCC(=O)OCC)nnc1-c1ccc(N(CC)CC)cc1. The number of esters is 1. The van der Waals surface area contributed by atoms with Crippen molar-refractivity contribution in [1.82, 2.24) is 14.8 Å². The Morgan fingerprint density at radius 1 is 1.23 bits per heavy atom. The van der Waals surface area contributed by atoms with Crippen LogP contribution in [0.1, 0.15) is 20.8 Å². The van der Waals surface area contributed by atoms with E-state index in [1.807, 2.05) is 4.57 Å². The number of aromatic nitrogens is 3. The minimum atomic E-state index is -0.254. The molecule has 140 valence electrons. The zero-order chi connectivity index (χ0) is 18.9. The van der Waals surface area contributed by atoms with Gasteiger partial charge in [-0.25, -0.2) is 0 Å². The highest BCUT2D eigenvalue weighted by molar-refractivity contribution is 7.99. The molecule has 2 rings (SSSR count). The maximum atomic E-state index is 11.6. The molecule has 0 aliphatic rings. The van der Waals surface area contributed by atoms with Gasteiger partial charge in [0, 0.05) is 30.9 Å². The molecule has 0 bridgehead atoms. The second-order valence-electron chi connectivity index (χ2n) is 5.52. The van der Waals surface area contributed by atoms with Crippen LogP contribution in [0.3, 0.4) is 0 Å². The van der Waals surface area contributed by atoms with Gasteiger partial charge in [-0.15, -0.1) is 16.8 Å². The minimum absolute atomic E-state index is 0.212. The van der Waals surface area contributed by atoms with Gasteiger partial charge in [0.25, 0.3) is 0 Å². The van der Waals surface area contributed by atoms with Crippen molar-refractivity contribution in [2.75, 3.05) is 30.3 Å². The van der Waals surface area contributed by atoms with Crippen molar-refractivity contribution in [2.45, 2.75) is 32.5 Å². The van der Waals surface area contributed by atoms with E-state index in [1.165, 1.54) is 17.4 Å². The number of allylic oxidation sites excluding steroid dienone is 1. The molecule has 0 saturated carbocycles. The number of benzene rings is 1. The Balaban J connectivity index is 2.23. The zero-order valence-corrected chi connectivity index (χ0v) is 16.5. The maximum absolute atomic E-state index is 11.6. The van der Waals surface area contributed by atoms with E-state index in [1.54, 1.807) is 13.0 Å². The Bertz CT molecular complexity index is 724. The van der Waals surface area contributed by atoms with Gasteiger partial charge in [0.05, 0.1) is 12.4 Å². The summed E-state index contributed by atoms with van der Waals surface area (Å²) in [6.07, 6.45) is 1.80. The first-order chi connectivity index (χ1) is 12.6. The summed E-state index contributed by atoms with van der Waals surface area (Å²) in [6.45, 7) is 12.8. The zero-order valence-electron chi connectivity index (χ0n) is 15.6. The third-order valence-corrected chi connectivity index (χ3v) is 4.85. The van der Waals surface area contributed by atoms with Gasteiger partial charge in [0.15, 0.2) is 11.0 Å². The van der Waals surface area contributed by atoms with E-state index in [2.05, 4.69) is 59.8 Å². The molecule has 2 aromatic rings. The van der Waals surface area contributed by atoms with Gasteiger partial charge >= 0.3 is 5.97 Å². The summed E-state index contributed by atoms with van der Waals surface area (Å²) in [4.78, 5) is 13.9. The molecule has 1 heterocycles. The van der Waals surface area contributed by atoms with E-state index in [0.717, 1.165) is 24.5 Å². The van der Waals surface area contributed by atoms with Crippen molar-refractivity contribution in [3.8, 4) is 11.4 Å². The summed E-state index contributed by atoms with van der Waals surface area (Å²) < 4.78 is 6.93. The number of ether oxygens (including phenoxy) is 1. The van der Waals surface area contributed by atoms with Crippen molar-refractivity contribution in [3.63, 3.8) is 0 Å². The fourth-order valence-electron chi connectivity index (χ4n) is 2.64. The smallest absolute Gasteiger partial charge is 0.316 e. The molecule has 7 heteroatoms. The fraction of sp³-hybridized carbons (Fsp3) is 0.421. The lowest BCUT2D eigenvalue weighted by Crippen LogP contribution is -2.21. The molecule has 1 aromatic heterocycles. The van der Waals surface area contributed by atoms with Crippen molar-refractivity contribution in [1.29, 1.82) is 0 Å². The monoisotopic (exact) mass is 374 g/mol. The van der Waals surface area contributed by atoms with Crippen LogP contribution in [-0.4, -0.2) is 46.2 Å². The topological polar surface area (TPSA) is 60.3 Å². The number of carbonyl (C=O) groups is 1. The first-order valence-electron chi connectivity index (χ1n) is 8.82. The first kappa shape index (κ1) is 20.0. The van der Waals surface area contributed by atoms with Gasteiger partial charge in [0.1, 0.15) is 0 Å². The van der Waals surface area contributed by atoms with E-state index >= 15 is 0 Å². The summed E-state index contributed by atoms with van der Waals surface area (Å²) in [5.74, 6) is 0.724. The number of thioether (sulfide) groups is 1. The van der Waals surface area contributed by atoms with E-state index in [0.29, 0.717) is 18.3 Å². The summed E-state index contributed by atoms with van der Waals surface area (Å²) in [5.41, 5.74) is 2.17. The maximum Gasteiger partial charge on any atom is 0.316 e. The van der Waals surface area contributed by atoms with Gasteiger partial charge in [-0.2, -0.15) is 0 Å². The minimum Gasteiger partial charge on any atom is -0.465 e. The van der Waals surface area contributed by atoms with Crippen LogP contribution in [-0.2, 0) is 16.1 Å². The molecule has 0 atom stereocenters. The van der Waals surface area contributed by atoms with Crippen molar-refractivity contribution in [2.24, 2.45) is 0 Å². The highest BCUT2D eigenvalue weighted by Crippen LogP contribution is 2.26. The Labute approximate surface area is 159 Å². The van der Waals surface area contributed by atoms with Crippen LogP contribution in [0.5, 0.6) is 0 Å². The number of carbonyl (C=O) groups excluding carboxylic acids is 1. The average molecular weight is 375 g/mol. The van der Waals surface area contributed by atoms with Crippen molar-refractivity contribution < 1.29 is 9.53 Å². The summed E-state index contributed by atoms with van der Waals surface area (Å²) in [5, 5.41) is 9.25. The molecule has 0 saturated heterocycles. The second-order valence-corrected chi connectivity index (χ2v) is 6.46. The van der Waals surface area contributed by atoms with Crippen LogP contribution in [0, 0.1) is 0 Å². The molecule has 0 N–H and O–H groups in total. The molecular formula is C19H26N4O2S. The van der Waals surface area contributed by atoms with Crippen LogP contribution in [0.2, 0.25) is 0 Å². The third-order valence-electron chi connectivity index (χ3n) is 3.91. The summed E-state index contributed by atoms with van der Waals surface area (Å²) in [7, 11) is 0. The molecule has 6 nitrogen and oxygen atoms in total. The Hall–Kier alpha value is -2.28. The van der Waals surface area contributed by atoms with Crippen LogP contribution >= 0.6 is 11.8 Å². The number of hydrogen-bond acceptors (Lipinski definition) is 6. The van der Waals surface area contributed by atoms with E-state index < -0.39 is 0 Å². The van der Waals surface area contributed by atoms with Crippen molar-refractivity contribution in [3.05, 3.63) is 36.9 Å². The number of rotatable bonds is 10. The van der Waals surface area contributed by atoms with Crippen LogP contribution in [0.15, 0.2) is 42.1 Å². The highest BCUT2D eigenvalue weighted by atomic mass is 32.2. The molecule has 1 aromatic carbocycles. The fourth-order valence-corrected chi connectivity index (χ4v) is 3.38. The van der Waals surface area contributed by atoms with Gasteiger partial charge in [-0.3, -0.25) is 9.36 Å². The number of hydrogen-bond donors (Lipinski definition) is 0. The molecular weight excluding hydrogens is 348 g/mol. The summed E-state index contributed by atoms with van der Waals surface area (Å²) >= 11 is 1.32. The lowest BCUT2D eigenvalue weighted by molar-refractivity contribution is -0.139. The molecule has 26 heavy (non-hydrogen) atoms. The molecule has 0 aliphatic carbocycles. The highest BCUT2D eigenvalue weighted by Gasteiger charge is 2.15. The van der Waals surface area contributed by atoms with E-state index in [4.69, 9.17) is 4.74 Å². The Morgan fingerprint density at radius 3 is 2.50 bits per heavy atom. The second kappa shape index (κ2) is 10.0. The quantitative estimate of drug-likeness (QED) is 0.359. The molecule has 0 spiro atoms. The van der Waals surface area contributed by atoms with Crippen LogP contribution < -0.4 is 4.90 Å². The lowest BCUT2D eigenvalue weighted by Gasteiger charge is -2.21. The van der Waals surface area contributed by atoms with Gasteiger partial charge in [-0.05, 0) is 45.0 Å². The van der Waals surface area contributed by atoms with Gasteiger partial charge < -0.3 is 9.64 Å². The lowest BCUT2D eigenvalue weighted by atomic mass is 10.2. The Morgan fingerprint density at radius 2 is 1.92 bits per heavy atom. The van der Waals surface area contributed by atoms with Crippen LogP contribution in [0.25, 0.3) is 11.4 Å². The summed E-state index contributed by atoms with van der Waals surface area (Å²) in [6, 6.07) is 8.30. The third kappa shape index (κ3) is 4.88. The number of nitrogens with zero attached hydrogens (tertiary/aromatic N) is 4. The number of anilines is 1. The van der Waals surface area contributed by atoms with Crippen molar-refractivity contribution >= 4 is 23.4 Å². The molecule has 0 amide bonds. The molecule has 0 fully saturated rings. The van der Waals surface area contributed by atoms with E-state index in [9.17, 15) is 4.79 Å². The normalized spacial score (nSPS) is 10.6. The molecule has 0 aliphatic heterocycles. The average Bonchev–Trinajstić information content (AvgIpc) is 3.05. The largest absolute Gasteiger partial charge is 0.465 e. The molecule has 0 radical (unpaired) electrons. The first-order valence-corrected chi connectivity index (χ1v) is 9.80. The van der Waals surface area contributed by atoms with Gasteiger partial charge in [0.2, 0.25) is 0 Å². The standard InChI is InChI=1S/C19H26N4O2S/c1-5-13-23-18(20-21-19(23)26-14-17(24)25-8-4)15-9-11-16(12-10-15)22(6-2)7-3/h5,9-12H,1,6-8,13-14H2,2-4H3.